The van der Waals surface area contributed by atoms with Crippen LogP contribution in [-0.4, -0.2) is 20.8 Å². The summed E-state index contributed by atoms with van der Waals surface area (Å²) >= 11 is 0. The van der Waals surface area contributed by atoms with Gasteiger partial charge in [0.05, 0.1) is 12.7 Å². The fourth-order valence-corrected chi connectivity index (χ4v) is 2.15. The standard InChI is InChI=1S/C17H15N3O/c1-13(21)15-7-9-16(10-8-15)17-12-20(19-18-17)11-14-5-3-2-4-6-14/h2-10,12H,11H2,1H3. The molecule has 0 atom stereocenters. The fourth-order valence-electron chi connectivity index (χ4n) is 2.15. The first-order valence-corrected chi connectivity index (χ1v) is 6.78. The molecule has 104 valence electrons. The molecule has 0 fully saturated rings. The van der Waals surface area contributed by atoms with Gasteiger partial charge in [0.1, 0.15) is 5.69 Å². The number of hydrogen-bond donors (Lipinski definition) is 0. The van der Waals surface area contributed by atoms with Crippen molar-refractivity contribution >= 4 is 5.78 Å². The molecule has 0 N–H and O–H groups in total. The smallest absolute Gasteiger partial charge is 0.159 e. The molecule has 1 aromatic heterocycles. The van der Waals surface area contributed by atoms with Crippen molar-refractivity contribution in [3.63, 3.8) is 0 Å². The van der Waals surface area contributed by atoms with Crippen molar-refractivity contribution in [3.05, 3.63) is 71.9 Å². The number of Topliss-reactive ketones (excluding diaryl/α,β-unsaturated/α-hetero) is 1. The molecule has 0 bridgehead atoms. The Morgan fingerprint density at radius 3 is 2.43 bits per heavy atom. The van der Waals surface area contributed by atoms with Crippen LogP contribution in [0.25, 0.3) is 11.3 Å². The molecule has 0 saturated heterocycles. The Bertz CT molecular complexity index is 745. The summed E-state index contributed by atoms with van der Waals surface area (Å²) in [6.45, 7) is 2.25. The number of benzene rings is 2. The van der Waals surface area contributed by atoms with Gasteiger partial charge in [0.25, 0.3) is 0 Å². The Labute approximate surface area is 123 Å². The van der Waals surface area contributed by atoms with Crippen LogP contribution in [0.3, 0.4) is 0 Å². The summed E-state index contributed by atoms with van der Waals surface area (Å²) in [5.74, 6) is 0.0641. The van der Waals surface area contributed by atoms with E-state index in [0.717, 1.165) is 11.3 Å². The van der Waals surface area contributed by atoms with Gasteiger partial charge in [0.2, 0.25) is 0 Å². The first-order valence-electron chi connectivity index (χ1n) is 6.78. The van der Waals surface area contributed by atoms with E-state index in [4.69, 9.17) is 0 Å². The van der Waals surface area contributed by atoms with Crippen LogP contribution in [0.2, 0.25) is 0 Å². The minimum Gasteiger partial charge on any atom is -0.295 e. The molecular weight excluding hydrogens is 262 g/mol. The Morgan fingerprint density at radius 1 is 1.05 bits per heavy atom. The van der Waals surface area contributed by atoms with Crippen molar-refractivity contribution < 1.29 is 4.79 Å². The Kier molecular flexibility index (Phi) is 3.60. The lowest BCUT2D eigenvalue weighted by Gasteiger charge is -2.00. The van der Waals surface area contributed by atoms with Crippen LogP contribution in [-0.2, 0) is 6.54 Å². The van der Waals surface area contributed by atoms with Gasteiger partial charge in [0, 0.05) is 11.1 Å². The van der Waals surface area contributed by atoms with Crippen LogP contribution in [0.1, 0.15) is 22.8 Å². The second-order valence-corrected chi connectivity index (χ2v) is 4.92. The molecule has 0 aliphatic heterocycles. The van der Waals surface area contributed by atoms with Gasteiger partial charge in [-0.2, -0.15) is 0 Å². The van der Waals surface area contributed by atoms with Crippen LogP contribution < -0.4 is 0 Å². The van der Waals surface area contributed by atoms with E-state index in [0.29, 0.717) is 12.1 Å². The SMILES string of the molecule is CC(=O)c1ccc(-c2cn(Cc3ccccc3)nn2)cc1. The zero-order valence-corrected chi connectivity index (χ0v) is 11.7. The van der Waals surface area contributed by atoms with Crippen molar-refractivity contribution in [2.24, 2.45) is 0 Å². The molecule has 4 heteroatoms. The predicted molar refractivity (Wildman–Crippen MR) is 81.0 cm³/mol. The van der Waals surface area contributed by atoms with Gasteiger partial charge in [-0.05, 0) is 12.5 Å². The van der Waals surface area contributed by atoms with E-state index in [1.807, 2.05) is 53.3 Å². The highest BCUT2D eigenvalue weighted by Gasteiger charge is 2.05. The molecule has 2 aromatic carbocycles. The largest absolute Gasteiger partial charge is 0.295 e. The van der Waals surface area contributed by atoms with Crippen LogP contribution in [0, 0.1) is 0 Å². The fraction of sp³-hybridized carbons (Fsp3) is 0.118. The predicted octanol–water partition coefficient (Wildman–Crippen LogP) is 3.20. The lowest BCUT2D eigenvalue weighted by molar-refractivity contribution is 0.101. The lowest BCUT2D eigenvalue weighted by atomic mass is 10.1. The molecule has 1 heterocycles. The first kappa shape index (κ1) is 13.2. The summed E-state index contributed by atoms with van der Waals surface area (Å²) in [5.41, 5.74) is 3.65. The van der Waals surface area contributed by atoms with E-state index in [-0.39, 0.29) is 5.78 Å². The summed E-state index contributed by atoms with van der Waals surface area (Å²) in [5, 5.41) is 8.33. The maximum atomic E-state index is 11.3. The third kappa shape index (κ3) is 3.05. The number of rotatable bonds is 4. The average Bonchev–Trinajstić information content (AvgIpc) is 2.97. The molecular formula is C17H15N3O. The van der Waals surface area contributed by atoms with Gasteiger partial charge in [-0.15, -0.1) is 5.10 Å². The second-order valence-electron chi connectivity index (χ2n) is 4.92. The molecule has 4 nitrogen and oxygen atoms in total. The number of nitrogens with zero attached hydrogens (tertiary/aromatic N) is 3. The zero-order valence-electron chi connectivity index (χ0n) is 11.7. The zero-order chi connectivity index (χ0) is 14.7. The summed E-state index contributed by atoms with van der Waals surface area (Å²) in [6, 6.07) is 17.5. The molecule has 0 unspecified atom stereocenters. The number of carbonyl (C=O) groups excluding carboxylic acids is 1. The molecule has 0 aliphatic rings. The van der Waals surface area contributed by atoms with Gasteiger partial charge >= 0.3 is 0 Å². The van der Waals surface area contributed by atoms with Crippen LogP contribution in [0.4, 0.5) is 0 Å². The van der Waals surface area contributed by atoms with Gasteiger partial charge in [-0.1, -0.05) is 59.8 Å². The van der Waals surface area contributed by atoms with E-state index in [2.05, 4.69) is 22.4 Å². The monoisotopic (exact) mass is 277 g/mol. The number of carbonyl (C=O) groups is 1. The highest BCUT2D eigenvalue weighted by atomic mass is 16.1. The van der Waals surface area contributed by atoms with E-state index >= 15 is 0 Å². The highest BCUT2D eigenvalue weighted by molar-refractivity contribution is 5.94. The number of ketones is 1. The molecule has 0 spiro atoms. The summed E-state index contributed by atoms with van der Waals surface area (Å²) in [6.07, 6.45) is 1.91. The van der Waals surface area contributed by atoms with Crippen molar-refractivity contribution in [3.8, 4) is 11.3 Å². The molecule has 0 saturated carbocycles. The summed E-state index contributed by atoms with van der Waals surface area (Å²) in [4.78, 5) is 11.3. The number of hydrogen-bond acceptors (Lipinski definition) is 3. The lowest BCUT2D eigenvalue weighted by Crippen LogP contribution is -1.99. The topological polar surface area (TPSA) is 47.8 Å². The van der Waals surface area contributed by atoms with Gasteiger partial charge in [-0.3, -0.25) is 4.79 Å². The quantitative estimate of drug-likeness (QED) is 0.688. The Balaban J connectivity index is 1.80. The van der Waals surface area contributed by atoms with Crippen LogP contribution >= 0.6 is 0 Å². The van der Waals surface area contributed by atoms with E-state index in [9.17, 15) is 4.79 Å². The van der Waals surface area contributed by atoms with Gasteiger partial charge in [0.15, 0.2) is 5.78 Å². The molecule has 21 heavy (non-hydrogen) atoms. The Hall–Kier alpha value is -2.75. The molecule has 3 aromatic rings. The minimum atomic E-state index is 0.0641. The normalized spacial score (nSPS) is 10.5. The summed E-state index contributed by atoms with van der Waals surface area (Å²) in [7, 11) is 0. The van der Waals surface area contributed by atoms with Gasteiger partial charge < -0.3 is 0 Å². The average molecular weight is 277 g/mol. The third-order valence-electron chi connectivity index (χ3n) is 3.31. The highest BCUT2D eigenvalue weighted by Crippen LogP contribution is 2.17. The first-order chi connectivity index (χ1) is 10.2. The van der Waals surface area contributed by atoms with E-state index in [1.165, 1.54) is 5.56 Å². The van der Waals surface area contributed by atoms with Gasteiger partial charge in [-0.25, -0.2) is 4.68 Å². The molecule has 0 radical (unpaired) electrons. The van der Waals surface area contributed by atoms with Crippen molar-refractivity contribution in [1.29, 1.82) is 0 Å². The van der Waals surface area contributed by atoms with Crippen molar-refractivity contribution in [1.82, 2.24) is 15.0 Å². The second kappa shape index (κ2) is 5.71. The minimum absolute atomic E-state index is 0.0641. The Morgan fingerprint density at radius 2 is 1.76 bits per heavy atom. The maximum absolute atomic E-state index is 11.3. The third-order valence-corrected chi connectivity index (χ3v) is 3.31. The molecule has 0 amide bonds. The van der Waals surface area contributed by atoms with Crippen molar-refractivity contribution in [2.45, 2.75) is 13.5 Å². The van der Waals surface area contributed by atoms with E-state index < -0.39 is 0 Å². The van der Waals surface area contributed by atoms with Crippen LogP contribution in [0.5, 0.6) is 0 Å². The van der Waals surface area contributed by atoms with Crippen molar-refractivity contribution in [2.75, 3.05) is 0 Å². The number of aromatic nitrogens is 3. The molecule has 0 aliphatic carbocycles. The van der Waals surface area contributed by atoms with Crippen LogP contribution in [0.15, 0.2) is 60.8 Å². The van der Waals surface area contributed by atoms with E-state index in [1.54, 1.807) is 6.92 Å². The maximum Gasteiger partial charge on any atom is 0.159 e. The summed E-state index contributed by atoms with van der Waals surface area (Å²) < 4.78 is 1.81. The molecule has 3 rings (SSSR count).